The van der Waals surface area contributed by atoms with Crippen molar-refractivity contribution < 1.29 is 14.6 Å². The molecule has 0 radical (unpaired) electrons. The summed E-state index contributed by atoms with van der Waals surface area (Å²) in [7, 11) is 1.64. The number of methoxy groups -OCH3 is 1. The second-order valence-corrected chi connectivity index (χ2v) is 6.15. The van der Waals surface area contributed by atoms with E-state index in [0.717, 1.165) is 28.3 Å². The van der Waals surface area contributed by atoms with E-state index in [0.29, 0.717) is 11.6 Å². The van der Waals surface area contributed by atoms with Gasteiger partial charge in [-0.2, -0.15) is 0 Å². The summed E-state index contributed by atoms with van der Waals surface area (Å²) in [6.45, 7) is 7.71. The average molecular weight is 375 g/mol. The number of aliphatic imine (C=N–C) groups is 1. The van der Waals surface area contributed by atoms with Crippen LogP contribution in [0, 0.1) is 6.92 Å². The lowest BCUT2D eigenvalue weighted by molar-refractivity contribution is 0.415. The minimum Gasteiger partial charge on any atom is -0.508 e. The van der Waals surface area contributed by atoms with Gasteiger partial charge in [-0.3, -0.25) is 0 Å². The Balaban J connectivity index is 0.000000292. The van der Waals surface area contributed by atoms with Gasteiger partial charge in [0.15, 0.2) is 0 Å². The monoisotopic (exact) mass is 375 g/mol. The minimum absolute atomic E-state index is 0.338. The van der Waals surface area contributed by atoms with Crippen LogP contribution in [0.15, 0.2) is 96.0 Å². The lowest BCUT2D eigenvalue weighted by atomic mass is 10.2. The van der Waals surface area contributed by atoms with Gasteiger partial charge < -0.3 is 14.6 Å². The van der Waals surface area contributed by atoms with Gasteiger partial charge in [0.25, 0.3) is 0 Å². The molecule has 3 aromatic rings. The van der Waals surface area contributed by atoms with Gasteiger partial charge in [0.1, 0.15) is 17.2 Å². The molecule has 0 saturated heterocycles. The van der Waals surface area contributed by atoms with Crippen molar-refractivity contribution >= 4 is 11.6 Å². The molecule has 0 unspecified atom stereocenters. The van der Waals surface area contributed by atoms with Crippen molar-refractivity contribution in [3.63, 3.8) is 0 Å². The van der Waals surface area contributed by atoms with Gasteiger partial charge in [-0.15, -0.1) is 0 Å². The van der Waals surface area contributed by atoms with Crippen LogP contribution in [-0.2, 0) is 0 Å². The Bertz CT molecular complexity index is 899. The second-order valence-electron chi connectivity index (χ2n) is 6.15. The largest absolute Gasteiger partial charge is 0.508 e. The van der Waals surface area contributed by atoms with E-state index in [2.05, 4.69) is 11.6 Å². The van der Waals surface area contributed by atoms with Crippen LogP contribution in [0.2, 0.25) is 0 Å². The molecule has 4 nitrogen and oxygen atoms in total. The second kappa shape index (κ2) is 10.6. The summed E-state index contributed by atoms with van der Waals surface area (Å²) in [5.41, 5.74) is 2.65. The van der Waals surface area contributed by atoms with Crippen molar-refractivity contribution in [2.45, 2.75) is 13.8 Å². The molecule has 1 N–H and O–H groups in total. The Kier molecular flexibility index (Phi) is 7.85. The highest BCUT2D eigenvalue weighted by atomic mass is 16.5. The third kappa shape index (κ3) is 7.00. The molecule has 28 heavy (non-hydrogen) atoms. The molecule has 3 aromatic carbocycles. The molecular formula is C24H25NO3. The van der Waals surface area contributed by atoms with Crippen LogP contribution in [-0.4, -0.2) is 18.1 Å². The van der Waals surface area contributed by atoms with Crippen molar-refractivity contribution in [3.8, 4) is 17.2 Å². The summed E-state index contributed by atoms with van der Waals surface area (Å²) in [5.74, 6) is 2.37. The number of para-hydroxylation sites is 1. The molecule has 0 atom stereocenters. The molecule has 0 amide bonds. The number of rotatable bonds is 4. The van der Waals surface area contributed by atoms with Gasteiger partial charge >= 0.3 is 0 Å². The number of aryl methyl sites for hydroxylation is 1. The van der Waals surface area contributed by atoms with E-state index in [4.69, 9.17) is 14.6 Å². The Morgan fingerprint density at radius 1 is 0.893 bits per heavy atom. The van der Waals surface area contributed by atoms with Crippen molar-refractivity contribution in [2.75, 3.05) is 7.11 Å². The smallest absolute Gasteiger partial charge is 0.222 e. The number of hydrogen-bond donors (Lipinski definition) is 1. The number of phenolic OH excluding ortho intramolecular Hbond substituents is 1. The molecule has 0 aliphatic carbocycles. The van der Waals surface area contributed by atoms with E-state index in [1.807, 2.05) is 80.6 Å². The van der Waals surface area contributed by atoms with Gasteiger partial charge in [-0.05, 0) is 67.9 Å². The van der Waals surface area contributed by atoms with Crippen molar-refractivity contribution in [2.24, 2.45) is 4.99 Å². The molecule has 144 valence electrons. The van der Waals surface area contributed by atoms with E-state index in [9.17, 15) is 0 Å². The van der Waals surface area contributed by atoms with E-state index >= 15 is 0 Å². The third-order valence-electron chi connectivity index (χ3n) is 3.63. The molecule has 0 heterocycles. The molecule has 0 bridgehead atoms. The van der Waals surface area contributed by atoms with Crippen LogP contribution in [0.4, 0.5) is 5.69 Å². The normalized spacial score (nSPS) is 10.5. The van der Waals surface area contributed by atoms with Gasteiger partial charge in [0.2, 0.25) is 5.90 Å². The summed E-state index contributed by atoms with van der Waals surface area (Å²) in [6.07, 6.45) is 0. The number of hydrogen-bond acceptors (Lipinski definition) is 4. The summed E-state index contributed by atoms with van der Waals surface area (Å²) < 4.78 is 10.9. The maximum atomic E-state index is 8.81. The number of benzene rings is 3. The Morgan fingerprint density at radius 2 is 1.57 bits per heavy atom. The molecule has 4 heteroatoms. The van der Waals surface area contributed by atoms with Gasteiger partial charge in [0.05, 0.1) is 12.8 Å². The van der Waals surface area contributed by atoms with E-state index in [-0.39, 0.29) is 0 Å². The molecule has 3 rings (SSSR count). The van der Waals surface area contributed by atoms with Gasteiger partial charge in [-0.25, -0.2) is 4.99 Å². The SMILES string of the molecule is C=C(C)C(=Nc1ccc(OC)cc1)Oc1ccccc1.Cc1cccc(O)c1. The molecule has 0 aliphatic rings. The van der Waals surface area contributed by atoms with Crippen molar-refractivity contribution in [1.29, 1.82) is 0 Å². The number of nitrogens with zero attached hydrogens (tertiary/aromatic N) is 1. The summed E-state index contributed by atoms with van der Waals surface area (Å²) >= 11 is 0. The Hall–Kier alpha value is -3.53. The first kappa shape index (κ1) is 20.8. The molecule has 0 saturated carbocycles. The minimum atomic E-state index is 0.338. The van der Waals surface area contributed by atoms with Crippen molar-refractivity contribution in [3.05, 3.63) is 96.6 Å². The average Bonchev–Trinajstić information content (AvgIpc) is 2.69. The highest BCUT2D eigenvalue weighted by Crippen LogP contribution is 2.20. The molecule has 0 aliphatic heterocycles. The topological polar surface area (TPSA) is 51.0 Å². The van der Waals surface area contributed by atoms with Crippen LogP contribution in [0.5, 0.6) is 17.2 Å². The van der Waals surface area contributed by atoms with Crippen LogP contribution in [0.1, 0.15) is 12.5 Å². The standard InChI is InChI=1S/C17H17NO2.C7H8O/c1-13(2)17(20-16-7-5-4-6-8-16)18-14-9-11-15(19-3)12-10-14;1-6-3-2-4-7(8)5-6/h4-12H,1H2,2-3H3;2-5,8H,1H3. The van der Waals surface area contributed by atoms with Crippen LogP contribution < -0.4 is 9.47 Å². The fraction of sp³-hybridized carbons (Fsp3) is 0.125. The van der Waals surface area contributed by atoms with Gasteiger partial charge in [-0.1, -0.05) is 36.9 Å². The Morgan fingerprint density at radius 3 is 2.07 bits per heavy atom. The van der Waals surface area contributed by atoms with E-state index < -0.39 is 0 Å². The van der Waals surface area contributed by atoms with Crippen LogP contribution >= 0.6 is 0 Å². The first-order valence-electron chi connectivity index (χ1n) is 8.85. The molecule has 0 aromatic heterocycles. The first-order valence-corrected chi connectivity index (χ1v) is 8.85. The quantitative estimate of drug-likeness (QED) is 0.444. The molecular weight excluding hydrogens is 350 g/mol. The lowest BCUT2D eigenvalue weighted by Gasteiger charge is -2.08. The summed E-state index contributed by atoms with van der Waals surface area (Å²) in [5, 5.41) is 8.81. The van der Waals surface area contributed by atoms with Crippen LogP contribution in [0.25, 0.3) is 0 Å². The predicted octanol–water partition coefficient (Wildman–Crippen LogP) is 6.08. The number of ether oxygens (including phenoxy) is 2. The molecule has 0 spiro atoms. The molecule has 0 fully saturated rings. The zero-order chi connectivity index (χ0) is 20.4. The predicted molar refractivity (Wildman–Crippen MR) is 115 cm³/mol. The summed E-state index contributed by atoms with van der Waals surface area (Å²) in [4.78, 5) is 4.47. The Labute approximate surface area is 166 Å². The highest BCUT2D eigenvalue weighted by molar-refractivity contribution is 5.95. The van der Waals surface area contributed by atoms with Gasteiger partial charge in [0, 0.05) is 5.57 Å². The third-order valence-corrected chi connectivity index (χ3v) is 3.63. The van der Waals surface area contributed by atoms with Crippen molar-refractivity contribution in [1.82, 2.24) is 0 Å². The highest BCUT2D eigenvalue weighted by Gasteiger charge is 2.04. The number of phenols is 1. The first-order chi connectivity index (χ1) is 13.5. The number of aromatic hydroxyl groups is 1. The lowest BCUT2D eigenvalue weighted by Crippen LogP contribution is -2.08. The fourth-order valence-electron chi connectivity index (χ4n) is 2.21. The van der Waals surface area contributed by atoms with E-state index in [1.54, 1.807) is 19.2 Å². The fourth-order valence-corrected chi connectivity index (χ4v) is 2.21. The van der Waals surface area contributed by atoms with E-state index in [1.165, 1.54) is 0 Å². The summed E-state index contributed by atoms with van der Waals surface area (Å²) in [6, 6.07) is 24.1. The zero-order valence-corrected chi connectivity index (χ0v) is 16.4. The maximum absolute atomic E-state index is 8.81. The maximum Gasteiger partial charge on any atom is 0.222 e. The zero-order valence-electron chi connectivity index (χ0n) is 16.4. The van der Waals surface area contributed by atoms with Crippen LogP contribution in [0.3, 0.4) is 0 Å².